The average molecular weight is 845 g/mol. The monoisotopic (exact) mass is 844 g/mol. The van der Waals surface area contributed by atoms with Crippen molar-refractivity contribution in [2.24, 2.45) is 11.8 Å². The van der Waals surface area contributed by atoms with Gasteiger partial charge >= 0.3 is 5.97 Å². The van der Waals surface area contributed by atoms with Crippen LogP contribution < -0.4 is 4.74 Å². The molecule has 0 radical (unpaired) electrons. The number of rotatable bonds is 17. The minimum atomic E-state index is -0.876. The molecule has 60 heavy (non-hydrogen) atoms. The van der Waals surface area contributed by atoms with Crippen LogP contribution in [0.15, 0.2) is 96.2 Å². The maximum absolute atomic E-state index is 13.5. The third kappa shape index (κ3) is 20.4. The highest BCUT2D eigenvalue weighted by Crippen LogP contribution is 2.24. The summed E-state index contributed by atoms with van der Waals surface area (Å²) in [5, 5.41) is 0. The number of carbonyl (C=O) groups excluding carboxylic acids is 1. The fourth-order valence-corrected chi connectivity index (χ4v) is 6.76. The summed E-state index contributed by atoms with van der Waals surface area (Å²) in [7, 11) is 11.2. The normalized spacial score (nSPS) is 30.9. The Labute approximate surface area is 359 Å². The lowest BCUT2D eigenvalue weighted by molar-refractivity contribution is -0.185. The van der Waals surface area contributed by atoms with E-state index < -0.39 is 36.5 Å². The summed E-state index contributed by atoms with van der Waals surface area (Å²) in [6.45, 7) is 8.73. The van der Waals surface area contributed by atoms with Gasteiger partial charge in [0.15, 0.2) is 6.10 Å². The lowest BCUT2D eigenvalue weighted by Gasteiger charge is -2.34. The number of carbonyl (C=O) groups is 1. The number of esters is 1. The van der Waals surface area contributed by atoms with Gasteiger partial charge in [-0.3, -0.25) is 0 Å². The summed E-state index contributed by atoms with van der Waals surface area (Å²) >= 11 is 0. The van der Waals surface area contributed by atoms with Gasteiger partial charge in [0.25, 0.3) is 0 Å². The highest BCUT2D eigenvalue weighted by atomic mass is 16.7. The molecule has 9 atom stereocenters. The zero-order valence-electron chi connectivity index (χ0n) is 37.7. The molecule has 0 N–H and O–H groups in total. The summed E-state index contributed by atoms with van der Waals surface area (Å²) in [5.74, 6) is 0.217. The molecular formula is C47H72O13. The Balaban J connectivity index is 2.60. The molecule has 1 heterocycles. The van der Waals surface area contributed by atoms with E-state index in [2.05, 4.69) is 26.0 Å². The van der Waals surface area contributed by atoms with Crippen molar-refractivity contribution in [2.75, 3.05) is 76.8 Å². The van der Waals surface area contributed by atoms with Crippen LogP contribution in [0.3, 0.4) is 0 Å². The van der Waals surface area contributed by atoms with Crippen molar-refractivity contribution >= 4 is 5.97 Å². The molecule has 1 aromatic carbocycles. The van der Waals surface area contributed by atoms with Gasteiger partial charge < -0.3 is 56.8 Å². The Bertz CT molecular complexity index is 1480. The first-order valence-corrected chi connectivity index (χ1v) is 20.4. The number of ether oxygens (including phenoxy) is 12. The molecule has 0 saturated heterocycles. The predicted octanol–water partition coefficient (Wildman–Crippen LogP) is 7.71. The first-order chi connectivity index (χ1) is 29.0. The molecule has 2 rings (SSSR count). The smallest absolute Gasteiger partial charge is 0.331 e. The van der Waals surface area contributed by atoms with E-state index in [1.165, 1.54) is 6.08 Å². The third-order valence-electron chi connectivity index (χ3n) is 9.82. The molecule has 0 amide bonds. The van der Waals surface area contributed by atoms with Gasteiger partial charge in [-0.2, -0.15) is 0 Å². The maximum atomic E-state index is 13.5. The molecule has 338 valence electrons. The number of hydrogen-bond donors (Lipinski definition) is 0. The van der Waals surface area contributed by atoms with Gasteiger partial charge in [0.2, 0.25) is 0 Å². The van der Waals surface area contributed by atoms with Crippen molar-refractivity contribution in [3.8, 4) is 5.75 Å². The molecule has 0 bridgehead atoms. The molecule has 13 nitrogen and oxygen atoms in total. The number of cyclic esters (lactones) is 1. The van der Waals surface area contributed by atoms with Gasteiger partial charge in [0.1, 0.15) is 50.5 Å². The first-order valence-electron chi connectivity index (χ1n) is 20.4. The van der Waals surface area contributed by atoms with Crippen LogP contribution in [-0.2, 0) is 63.5 Å². The molecule has 1 aromatic rings. The van der Waals surface area contributed by atoms with Crippen molar-refractivity contribution < 1.29 is 61.6 Å². The van der Waals surface area contributed by atoms with E-state index in [4.69, 9.17) is 56.8 Å². The zero-order valence-corrected chi connectivity index (χ0v) is 37.7. The second-order valence-corrected chi connectivity index (χ2v) is 14.7. The van der Waals surface area contributed by atoms with Crippen molar-refractivity contribution in [3.63, 3.8) is 0 Å². The zero-order chi connectivity index (χ0) is 44.1. The second-order valence-electron chi connectivity index (χ2n) is 14.7. The quantitative estimate of drug-likeness (QED) is 0.112. The van der Waals surface area contributed by atoms with Crippen LogP contribution in [0.2, 0.25) is 0 Å². The number of allylic oxidation sites excluding steroid dienone is 7. The van der Waals surface area contributed by atoms with E-state index in [0.29, 0.717) is 5.92 Å². The Kier molecular flexibility index (Phi) is 27.6. The van der Waals surface area contributed by atoms with E-state index >= 15 is 0 Å². The van der Waals surface area contributed by atoms with Crippen molar-refractivity contribution in [1.29, 1.82) is 0 Å². The summed E-state index contributed by atoms with van der Waals surface area (Å²) in [5.41, 5.74) is 2.96. The van der Waals surface area contributed by atoms with Crippen LogP contribution in [-0.4, -0.2) is 125 Å². The maximum Gasteiger partial charge on any atom is 0.331 e. The Morgan fingerprint density at radius 1 is 0.650 bits per heavy atom. The molecular weight excluding hydrogens is 773 g/mol. The van der Waals surface area contributed by atoms with Gasteiger partial charge in [0, 0.05) is 54.7 Å². The third-order valence-corrected chi connectivity index (χ3v) is 9.82. The van der Waals surface area contributed by atoms with Crippen LogP contribution in [0.25, 0.3) is 0 Å². The Morgan fingerprint density at radius 2 is 1.28 bits per heavy atom. The van der Waals surface area contributed by atoms with Crippen molar-refractivity contribution in [3.05, 3.63) is 102 Å². The molecule has 0 aliphatic carbocycles. The molecule has 0 spiro atoms. The highest BCUT2D eigenvalue weighted by Gasteiger charge is 2.36. The molecule has 0 saturated carbocycles. The van der Waals surface area contributed by atoms with E-state index in [1.54, 1.807) is 61.9 Å². The Morgan fingerprint density at radius 3 is 1.90 bits per heavy atom. The van der Waals surface area contributed by atoms with Gasteiger partial charge in [-0.1, -0.05) is 98.2 Å². The van der Waals surface area contributed by atoms with Crippen molar-refractivity contribution in [1.82, 2.24) is 0 Å². The van der Waals surface area contributed by atoms with Crippen LogP contribution in [0.1, 0.15) is 52.5 Å². The van der Waals surface area contributed by atoms with Gasteiger partial charge in [0.05, 0.1) is 32.5 Å². The number of methoxy groups -OCH3 is 7. The van der Waals surface area contributed by atoms with Gasteiger partial charge in [-0.05, 0) is 50.3 Å². The second kappa shape index (κ2) is 31.4. The summed E-state index contributed by atoms with van der Waals surface area (Å²) < 4.78 is 69.5. The number of benzene rings is 1. The van der Waals surface area contributed by atoms with E-state index in [-0.39, 0.29) is 51.7 Å². The fourth-order valence-electron chi connectivity index (χ4n) is 6.76. The summed E-state index contributed by atoms with van der Waals surface area (Å²) in [6, 6.07) is 7.55. The fraction of sp³-hybridized carbons (Fsp3) is 0.596. The molecule has 3 unspecified atom stereocenters. The largest absolute Gasteiger partial charge is 0.497 e. The minimum Gasteiger partial charge on any atom is -0.497 e. The SMILES string of the molecule is COCOC1/C=C/C(C)=C/[C@@H](C)[C@H](OCOC)C(OC)[C@H](COCc2ccc(OC)cc2)OC(=O)/C=C/C=C/C(OC)[C@H](OCOC)/C=C/C(C)=C/[C@@H](C)CCC[C@H]1OC. The Hall–Kier alpha value is -3.47. The molecule has 1 aliphatic heterocycles. The van der Waals surface area contributed by atoms with E-state index in [0.717, 1.165) is 41.7 Å². The van der Waals surface area contributed by atoms with Crippen LogP contribution in [0.4, 0.5) is 0 Å². The molecule has 0 fully saturated rings. The first kappa shape index (κ1) is 52.7. The van der Waals surface area contributed by atoms with E-state index in [9.17, 15) is 4.79 Å². The number of hydrogen-bond acceptors (Lipinski definition) is 13. The van der Waals surface area contributed by atoms with Gasteiger partial charge in [-0.15, -0.1) is 0 Å². The van der Waals surface area contributed by atoms with Gasteiger partial charge in [-0.25, -0.2) is 4.79 Å². The van der Waals surface area contributed by atoms with Crippen LogP contribution >= 0.6 is 0 Å². The molecule has 0 aromatic heterocycles. The predicted molar refractivity (Wildman–Crippen MR) is 231 cm³/mol. The molecule has 13 heteroatoms. The average Bonchev–Trinajstić information content (AvgIpc) is 3.24. The lowest BCUT2D eigenvalue weighted by Crippen LogP contribution is -2.48. The van der Waals surface area contributed by atoms with E-state index in [1.807, 2.05) is 68.5 Å². The van der Waals surface area contributed by atoms with Crippen LogP contribution in [0.5, 0.6) is 5.75 Å². The van der Waals surface area contributed by atoms with Crippen LogP contribution in [0, 0.1) is 11.8 Å². The summed E-state index contributed by atoms with van der Waals surface area (Å²) in [4.78, 5) is 13.5. The van der Waals surface area contributed by atoms with Crippen molar-refractivity contribution in [2.45, 2.75) is 96.3 Å². The topological polar surface area (TPSA) is 128 Å². The summed E-state index contributed by atoms with van der Waals surface area (Å²) in [6.07, 6.45) is 17.7. The standard InChI is InChI=1S/C47H72O13/c1-34-15-14-17-41(54-10)43(58-32-50-6)26-20-36(3)28-37(4)46(59-33-51-7)47(55-11)44(30-56-29-38-21-23-39(52-8)24-22-38)60-45(48)18-13-12-16-40(53-9)42(57-31-49-5)25-19-35(2)27-34/h12-13,16,18-28,34,37,40-44,46-47H,14-15,17,29-33H2,1-11H3/b16-12+,18-13+,25-19+,26-20+,35-27+,36-28+/t34-,37+,40?,41+,42+,43?,44-,46-,47?/m0/s1. The highest BCUT2D eigenvalue weighted by molar-refractivity contribution is 5.82. The lowest BCUT2D eigenvalue weighted by atomic mass is 9.93. The minimum absolute atomic E-state index is 0.0162. The molecule has 1 aliphatic rings.